The van der Waals surface area contributed by atoms with E-state index in [9.17, 15) is 9.59 Å². The van der Waals surface area contributed by atoms with E-state index in [1.54, 1.807) is 11.8 Å². The fraction of sp³-hybridized carbons (Fsp3) is 0.800. The molecule has 0 aromatic heterocycles. The second kappa shape index (κ2) is 6.06. The third kappa shape index (κ3) is 3.09. The lowest BCUT2D eigenvalue weighted by Crippen LogP contribution is -2.61. The van der Waals surface area contributed by atoms with Gasteiger partial charge in [-0.05, 0) is 12.8 Å². The average Bonchev–Trinajstić information content (AvgIpc) is 2.15. The third-order valence-corrected chi connectivity index (χ3v) is 2.56. The van der Waals surface area contributed by atoms with E-state index in [0.29, 0.717) is 13.1 Å². The van der Waals surface area contributed by atoms with Gasteiger partial charge in [-0.1, -0.05) is 13.8 Å². The van der Waals surface area contributed by atoms with Gasteiger partial charge in [0, 0.05) is 13.1 Å². The lowest BCUT2D eigenvalue weighted by molar-refractivity contribution is -0.145. The Balaban J connectivity index is 0.00000225. The average molecular weight is 250 g/mol. The molecule has 1 heterocycles. The van der Waals surface area contributed by atoms with Crippen LogP contribution in [0.25, 0.3) is 0 Å². The van der Waals surface area contributed by atoms with E-state index in [1.807, 2.05) is 13.8 Å². The lowest BCUT2D eigenvalue weighted by atomic mass is 9.99. The summed E-state index contributed by atoms with van der Waals surface area (Å²) in [5.74, 6) is -0.123. The smallest absolute Gasteiger partial charge is 0.243 e. The molecule has 5 nitrogen and oxygen atoms in total. The van der Waals surface area contributed by atoms with Crippen molar-refractivity contribution in [3.05, 3.63) is 0 Å². The Kier molecular flexibility index (Phi) is 5.75. The van der Waals surface area contributed by atoms with Crippen LogP contribution in [-0.2, 0) is 9.59 Å². The number of halogens is 1. The summed E-state index contributed by atoms with van der Waals surface area (Å²) in [6, 6.07) is -0.922. The molecule has 16 heavy (non-hydrogen) atoms. The van der Waals surface area contributed by atoms with Crippen LogP contribution in [0.5, 0.6) is 0 Å². The van der Waals surface area contributed by atoms with Crippen molar-refractivity contribution >= 4 is 24.2 Å². The fourth-order valence-electron chi connectivity index (χ4n) is 1.86. The van der Waals surface area contributed by atoms with Crippen LogP contribution in [0.15, 0.2) is 0 Å². The number of carbonyl (C=O) groups is 2. The van der Waals surface area contributed by atoms with E-state index in [2.05, 4.69) is 5.32 Å². The molecule has 6 heteroatoms. The predicted molar refractivity (Wildman–Crippen MR) is 64.2 cm³/mol. The van der Waals surface area contributed by atoms with Crippen LogP contribution >= 0.6 is 12.4 Å². The summed E-state index contributed by atoms with van der Waals surface area (Å²) in [4.78, 5) is 25.0. The Labute approximate surface area is 102 Å². The van der Waals surface area contributed by atoms with Gasteiger partial charge in [0.05, 0.1) is 6.04 Å². The number of hydrogen-bond donors (Lipinski definition) is 2. The molecule has 1 aliphatic rings. The lowest BCUT2D eigenvalue weighted by Gasteiger charge is -2.38. The minimum Gasteiger partial charge on any atom is -0.353 e. The first-order chi connectivity index (χ1) is 6.95. The predicted octanol–water partition coefficient (Wildman–Crippen LogP) is -0.262. The number of nitrogens with zero attached hydrogens (tertiary/aromatic N) is 1. The van der Waals surface area contributed by atoms with Crippen LogP contribution in [0.4, 0.5) is 0 Å². The van der Waals surface area contributed by atoms with Crippen LogP contribution in [0, 0.1) is 5.92 Å². The Hall–Kier alpha value is -0.810. The van der Waals surface area contributed by atoms with Gasteiger partial charge in [-0.3, -0.25) is 9.59 Å². The van der Waals surface area contributed by atoms with Crippen molar-refractivity contribution in [3.8, 4) is 0 Å². The van der Waals surface area contributed by atoms with Crippen LogP contribution in [0.3, 0.4) is 0 Å². The normalized spacial score (nSPS) is 22.4. The molecular formula is C10H20ClN3O2. The van der Waals surface area contributed by atoms with E-state index in [-0.39, 0.29) is 36.2 Å². The largest absolute Gasteiger partial charge is 0.353 e. The van der Waals surface area contributed by atoms with Crippen LogP contribution in [0.1, 0.15) is 20.8 Å². The van der Waals surface area contributed by atoms with Crippen molar-refractivity contribution in [2.24, 2.45) is 11.7 Å². The van der Waals surface area contributed by atoms with Crippen molar-refractivity contribution in [3.63, 3.8) is 0 Å². The summed E-state index contributed by atoms with van der Waals surface area (Å²) in [5.41, 5.74) is 5.55. The molecule has 1 rings (SSSR count). The molecule has 1 saturated heterocycles. The van der Waals surface area contributed by atoms with Gasteiger partial charge in [0.1, 0.15) is 6.04 Å². The Morgan fingerprint density at radius 2 is 2.06 bits per heavy atom. The highest BCUT2D eigenvalue weighted by Gasteiger charge is 2.35. The molecule has 3 N–H and O–H groups in total. The topological polar surface area (TPSA) is 75.4 Å². The first kappa shape index (κ1) is 15.2. The zero-order valence-electron chi connectivity index (χ0n) is 9.90. The van der Waals surface area contributed by atoms with Crippen LogP contribution < -0.4 is 11.1 Å². The number of rotatable bonds is 2. The summed E-state index contributed by atoms with van der Waals surface area (Å²) in [6.07, 6.45) is 0. The maximum atomic E-state index is 11.8. The minimum atomic E-state index is -0.544. The van der Waals surface area contributed by atoms with E-state index in [1.165, 1.54) is 0 Å². The number of amides is 2. The zero-order chi connectivity index (χ0) is 11.6. The van der Waals surface area contributed by atoms with Crippen molar-refractivity contribution < 1.29 is 9.59 Å². The van der Waals surface area contributed by atoms with E-state index >= 15 is 0 Å². The first-order valence-corrected chi connectivity index (χ1v) is 5.29. The Morgan fingerprint density at radius 3 is 2.50 bits per heavy atom. The Bertz CT molecular complexity index is 269. The molecule has 1 fully saturated rings. The van der Waals surface area contributed by atoms with E-state index in [4.69, 9.17) is 5.73 Å². The van der Waals surface area contributed by atoms with Crippen molar-refractivity contribution in [2.45, 2.75) is 32.9 Å². The second-order valence-corrected chi connectivity index (χ2v) is 4.30. The summed E-state index contributed by atoms with van der Waals surface area (Å²) in [6.45, 7) is 6.57. The highest BCUT2D eigenvalue weighted by atomic mass is 35.5. The van der Waals surface area contributed by atoms with E-state index in [0.717, 1.165) is 0 Å². The quantitative estimate of drug-likeness (QED) is 0.708. The van der Waals surface area contributed by atoms with Gasteiger partial charge >= 0.3 is 0 Å². The summed E-state index contributed by atoms with van der Waals surface area (Å²) in [5, 5.41) is 2.76. The van der Waals surface area contributed by atoms with Gasteiger partial charge in [-0.25, -0.2) is 0 Å². The molecule has 0 aliphatic carbocycles. The molecular weight excluding hydrogens is 230 g/mol. The highest BCUT2D eigenvalue weighted by molar-refractivity contribution is 5.90. The van der Waals surface area contributed by atoms with Crippen molar-refractivity contribution in [1.82, 2.24) is 10.2 Å². The number of nitrogens with two attached hydrogens (primary N) is 1. The second-order valence-electron chi connectivity index (χ2n) is 4.30. The third-order valence-electron chi connectivity index (χ3n) is 2.56. The molecule has 2 atom stereocenters. The molecule has 0 radical (unpaired) electrons. The van der Waals surface area contributed by atoms with Gasteiger partial charge in [0.15, 0.2) is 0 Å². The van der Waals surface area contributed by atoms with E-state index < -0.39 is 6.04 Å². The van der Waals surface area contributed by atoms with Crippen molar-refractivity contribution in [1.29, 1.82) is 0 Å². The highest BCUT2D eigenvalue weighted by Crippen LogP contribution is 2.14. The molecule has 0 spiro atoms. The van der Waals surface area contributed by atoms with Crippen LogP contribution in [-0.4, -0.2) is 41.9 Å². The van der Waals surface area contributed by atoms with Gasteiger partial charge in [-0.2, -0.15) is 0 Å². The zero-order valence-corrected chi connectivity index (χ0v) is 10.7. The molecule has 2 amide bonds. The summed E-state index contributed by atoms with van der Waals surface area (Å²) >= 11 is 0. The molecule has 0 aromatic rings. The summed E-state index contributed by atoms with van der Waals surface area (Å²) < 4.78 is 0. The van der Waals surface area contributed by atoms with Gasteiger partial charge < -0.3 is 16.0 Å². The summed E-state index contributed by atoms with van der Waals surface area (Å²) in [7, 11) is 0. The fourth-order valence-corrected chi connectivity index (χ4v) is 1.86. The maximum Gasteiger partial charge on any atom is 0.243 e. The van der Waals surface area contributed by atoms with Crippen molar-refractivity contribution in [2.75, 3.05) is 13.1 Å². The van der Waals surface area contributed by atoms with Gasteiger partial charge in [0.2, 0.25) is 11.8 Å². The molecule has 0 saturated carbocycles. The van der Waals surface area contributed by atoms with Gasteiger partial charge in [-0.15, -0.1) is 12.4 Å². The molecule has 1 unspecified atom stereocenters. The molecule has 0 bridgehead atoms. The molecule has 0 aromatic carbocycles. The Morgan fingerprint density at radius 1 is 1.50 bits per heavy atom. The number of carbonyl (C=O) groups excluding carboxylic acids is 2. The first-order valence-electron chi connectivity index (χ1n) is 5.29. The monoisotopic (exact) mass is 249 g/mol. The standard InChI is InChI=1S/C10H19N3O2.ClH/c1-6(2)8-9(14)12-4-5-13(8)10(15)7(3)11;/h6-8H,4-5,11H2,1-3H3,(H,12,14);1H/t7-,8?;/m1./s1. The number of nitrogens with one attached hydrogen (secondary N) is 1. The molecule has 94 valence electrons. The molecule has 1 aliphatic heterocycles. The van der Waals surface area contributed by atoms with Crippen LogP contribution in [0.2, 0.25) is 0 Å². The number of piperazine rings is 1. The minimum absolute atomic E-state index is 0. The SMILES string of the molecule is CC(C)C1C(=O)NCCN1C(=O)[C@@H](C)N.Cl. The number of hydrogen-bond acceptors (Lipinski definition) is 3. The maximum absolute atomic E-state index is 11.8. The van der Waals surface area contributed by atoms with Gasteiger partial charge in [0.25, 0.3) is 0 Å².